The first-order valence-corrected chi connectivity index (χ1v) is 10.9. The summed E-state index contributed by atoms with van der Waals surface area (Å²) < 4.78 is 34.1. The van der Waals surface area contributed by atoms with Crippen molar-refractivity contribution in [2.24, 2.45) is 0 Å². The number of benzene rings is 3. The Labute approximate surface area is 186 Å². The van der Waals surface area contributed by atoms with Crippen molar-refractivity contribution >= 4 is 56.5 Å². The molecule has 0 bridgehead atoms. The monoisotopic (exact) mass is 492 g/mol. The fourth-order valence-electron chi connectivity index (χ4n) is 3.20. The van der Waals surface area contributed by atoms with Gasteiger partial charge in [-0.2, -0.15) is 8.42 Å². The second-order valence-electron chi connectivity index (χ2n) is 6.03. The zero-order valence-electron chi connectivity index (χ0n) is 14.3. The molecule has 0 saturated carbocycles. The van der Waals surface area contributed by atoms with Crippen LogP contribution in [0.1, 0.15) is 16.7 Å². The maximum atomic E-state index is 13.0. The van der Waals surface area contributed by atoms with E-state index in [2.05, 4.69) is 0 Å². The average molecular weight is 494 g/mol. The van der Waals surface area contributed by atoms with Crippen LogP contribution in [0.3, 0.4) is 0 Å². The number of hydrogen-bond acceptors (Lipinski definition) is 4. The molecule has 10 heteroatoms. The summed E-state index contributed by atoms with van der Waals surface area (Å²) in [6, 6.07) is 12.8. The summed E-state index contributed by atoms with van der Waals surface area (Å²) in [4.78, 5) is 0. The van der Waals surface area contributed by atoms with Crippen molar-refractivity contribution in [3.8, 4) is 11.5 Å². The topological polar surface area (TPSA) is 94.8 Å². The van der Waals surface area contributed by atoms with Crippen LogP contribution in [0, 0.1) is 0 Å². The minimum Gasteiger partial charge on any atom is -0.503 e. The summed E-state index contributed by atoms with van der Waals surface area (Å²) in [5.74, 6) is -1.61. The first-order chi connectivity index (χ1) is 13.5. The fraction of sp³-hybridized carbons (Fsp3) is 0.0526. The zero-order valence-corrected chi connectivity index (χ0v) is 18.1. The summed E-state index contributed by atoms with van der Waals surface area (Å²) >= 11 is 24.9. The molecule has 0 saturated heterocycles. The number of rotatable bonds is 4. The fourth-order valence-corrected chi connectivity index (χ4v) is 5.76. The van der Waals surface area contributed by atoms with Crippen LogP contribution >= 0.6 is 46.4 Å². The molecule has 3 aromatic rings. The van der Waals surface area contributed by atoms with Gasteiger partial charge < -0.3 is 10.2 Å². The first kappa shape index (κ1) is 22.0. The van der Waals surface area contributed by atoms with Crippen molar-refractivity contribution in [1.82, 2.24) is 0 Å². The quantitative estimate of drug-likeness (QED) is 0.239. The minimum absolute atomic E-state index is 0.0233. The molecule has 0 aliphatic rings. The SMILES string of the molecule is O=S(=O)(O)C(c1ccccc1Cl)(c1ccccc1Cl)c1cc(Cl)c(O)c(O)c1Cl. The van der Waals surface area contributed by atoms with E-state index in [1.54, 1.807) is 12.1 Å². The molecule has 0 spiro atoms. The summed E-state index contributed by atoms with van der Waals surface area (Å²) in [6.07, 6.45) is 0. The van der Waals surface area contributed by atoms with E-state index >= 15 is 0 Å². The number of hydrogen-bond donors (Lipinski definition) is 3. The standard InChI is InChI=1S/C19H12Cl4O5S/c20-13-7-3-1-5-10(13)19(29(26,27)28,11-6-2-4-8-14(11)21)12-9-15(22)17(24)18(25)16(12)23/h1-9,24-25H,(H,26,27,28). The van der Waals surface area contributed by atoms with Crippen LogP contribution in [0.5, 0.6) is 11.5 Å². The molecule has 0 aromatic heterocycles. The lowest BCUT2D eigenvalue weighted by molar-refractivity contribution is 0.402. The van der Waals surface area contributed by atoms with E-state index in [-0.39, 0.29) is 26.7 Å². The lowest BCUT2D eigenvalue weighted by Crippen LogP contribution is -2.39. The Kier molecular flexibility index (Phi) is 5.98. The molecular formula is C19H12Cl4O5S. The van der Waals surface area contributed by atoms with Gasteiger partial charge in [0.15, 0.2) is 16.2 Å². The number of phenolic OH excluding ortho intramolecular Hbond substituents is 2. The Morgan fingerprint density at radius 1 is 0.690 bits per heavy atom. The molecule has 0 amide bonds. The third-order valence-corrected chi connectivity index (χ3v) is 7.20. The smallest absolute Gasteiger partial charge is 0.283 e. The highest BCUT2D eigenvalue weighted by atomic mass is 35.5. The molecular weight excluding hydrogens is 482 g/mol. The van der Waals surface area contributed by atoms with Gasteiger partial charge in [0, 0.05) is 26.7 Å². The molecule has 0 heterocycles. The maximum absolute atomic E-state index is 13.0. The second-order valence-corrected chi connectivity index (χ2v) is 9.20. The van der Waals surface area contributed by atoms with E-state index in [1.165, 1.54) is 36.4 Å². The average Bonchev–Trinajstić information content (AvgIpc) is 2.66. The highest BCUT2D eigenvalue weighted by Crippen LogP contribution is 2.54. The lowest BCUT2D eigenvalue weighted by Gasteiger charge is -2.34. The Hall–Kier alpha value is -1.67. The zero-order chi connectivity index (χ0) is 21.6. The molecule has 3 rings (SSSR count). The van der Waals surface area contributed by atoms with Gasteiger partial charge in [-0.3, -0.25) is 4.55 Å². The molecule has 0 atom stereocenters. The third-order valence-electron chi connectivity index (χ3n) is 4.44. The van der Waals surface area contributed by atoms with Crippen molar-refractivity contribution in [3.63, 3.8) is 0 Å². The van der Waals surface area contributed by atoms with Crippen molar-refractivity contribution in [2.45, 2.75) is 4.75 Å². The Balaban J connectivity index is 2.67. The van der Waals surface area contributed by atoms with Gasteiger partial charge >= 0.3 is 0 Å². The molecule has 3 N–H and O–H groups in total. The van der Waals surface area contributed by atoms with E-state index in [9.17, 15) is 23.2 Å². The van der Waals surface area contributed by atoms with Crippen molar-refractivity contribution in [3.05, 3.63) is 91.4 Å². The van der Waals surface area contributed by atoms with E-state index in [0.717, 1.165) is 6.07 Å². The molecule has 3 aromatic carbocycles. The van der Waals surface area contributed by atoms with Gasteiger partial charge in [0.1, 0.15) is 0 Å². The van der Waals surface area contributed by atoms with Crippen LogP contribution in [0.4, 0.5) is 0 Å². The maximum Gasteiger partial charge on any atom is 0.283 e. The van der Waals surface area contributed by atoms with Crippen molar-refractivity contribution in [1.29, 1.82) is 0 Å². The predicted octanol–water partition coefficient (Wildman–Crippen LogP) is 5.89. The Morgan fingerprint density at radius 3 is 1.55 bits per heavy atom. The van der Waals surface area contributed by atoms with Gasteiger partial charge in [-0.05, 0) is 18.2 Å². The van der Waals surface area contributed by atoms with Crippen molar-refractivity contribution in [2.75, 3.05) is 0 Å². The first-order valence-electron chi connectivity index (χ1n) is 7.91. The van der Waals surface area contributed by atoms with Crippen LogP contribution in [0.25, 0.3) is 0 Å². The van der Waals surface area contributed by atoms with Crippen LogP contribution in [0.15, 0.2) is 54.6 Å². The van der Waals surface area contributed by atoms with E-state index in [0.29, 0.717) is 0 Å². The van der Waals surface area contributed by atoms with Gasteiger partial charge in [-0.15, -0.1) is 0 Å². The summed E-state index contributed by atoms with van der Waals surface area (Å²) in [5, 5.41) is 19.1. The lowest BCUT2D eigenvalue weighted by atomic mass is 9.83. The van der Waals surface area contributed by atoms with Crippen LogP contribution in [-0.4, -0.2) is 23.2 Å². The highest BCUT2D eigenvalue weighted by Gasteiger charge is 2.52. The predicted molar refractivity (Wildman–Crippen MR) is 114 cm³/mol. The molecule has 5 nitrogen and oxygen atoms in total. The molecule has 0 aliphatic heterocycles. The van der Waals surface area contributed by atoms with Gasteiger partial charge in [-0.25, -0.2) is 0 Å². The van der Waals surface area contributed by atoms with Crippen molar-refractivity contribution < 1.29 is 23.2 Å². The van der Waals surface area contributed by atoms with Gasteiger partial charge in [0.25, 0.3) is 10.1 Å². The number of halogens is 4. The number of phenols is 2. The van der Waals surface area contributed by atoms with Gasteiger partial charge in [0.05, 0.1) is 10.0 Å². The van der Waals surface area contributed by atoms with E-state index < -0.39 is 36.4 Å². The summed E-state index contributed by atoms with van der Waals surface area (Å²) in [6.45, 7) is 0. The Bertz CT molecular complexity index is 1170. The summed E-state index contributed by atoms with van der Waals surface area (Å²) in [5.41, 5.74) is -0.510. The van der Waals surface area contributed by atoms with Crippen LogP contribution in [-0.2, 0) is 14.9 Å². The highest BCUT2D eigenvalue weighted by molar-refractivity contribution is 7.87. The molecule has 152 valence electrons. The largest absolute Gasteiger partial charge is 0.503 e. The van der Waals surface area contributed by atoms with Crippen LogP contribution < -0.4 is 0 Å². The molecule has 0 fully saturated rings. The van der Waals surface area contributed by atoms with Gasteiger partial charge in [-0.1, -0.05) is 82.8 Å². The second kappa shape index (κ2) is 7.87. The molecule has 0 unspecified atom stereocenters. The minimum atomic E-state index is -5.10. The Morgan fingerprint density at radius 2 is 1.14 bits per heavy atom. The van der Waals surface area contributed by atoms with Crippen LogP contribution in [0.2, 0.25) is 20.1 Å². The summed E-state index contributed by atoms with van der Waals surface area (Å²) in [7, 11) is -5.10. The van der Waals surface area contributed by atoms with E-state index in [1.807, 2.05) is 0 Å². The number of aromatic hydroxyl groups is 2. The molecule has 0 radical (unpaired) electrons. The third kappa shape index (κ3) is 3.44. The van der Waals surface area contributed by atoms with E-state index in [4.69, 9.17) is 46.4 Å². The molecule has 0 aliphatic carbocycles. The molecule has 29 heavy (non-hydrogen) atoms. The van der Waals surface area contributed by atoms with Gasteiger partial charge in [0.2, 0.25) is 0 Å². The normalized spacial score (nSPS) is 12.2.